The van der Waals surface area contributed by atoms with E-state index in [0.29, 0.717) is 5.78 Å². The minimum absolute atomic E-state index is 0.0220. The molecular weight excluding hydrogens is 156 g/mol. The maximum absolute atomic E-state index is 11.6. The molecule has 0 unspecified atom stereocenters. The number of ketones is 1. The Bertz CT molecular complexity index is 279. The van der Waals surface area contributed by atoms with Crippen LogP contribution < -0.4 is 0 Å². The fraction of sp³-hybridized carbons (Fsp3) is 0.667. The summed E-state index contributed by atoms with van der Waals surface area (Å²) in [6, 6.07) is 0. The summed E-state index contributed by atoms with van der Waals surface area (Å²) in [6.07, 6.45) is -0.123. The van der Waals surface area contributed by atoms with Crippen molar-refractivity contribution in [3.05, 3.63) is 11.5 Å². The molecule has 0 amide bonds. The summed E-state index contributed by atoms with van der Waals surface area (Å²) < 4.78 is 10.9. The lowest BCUT2D eigenvalue weighted by Gasteiger charge is -2.32. The fourth-order valence-corrected chi connectivity index (χ4v) is 2.17. The van der Waals surface area contributed by atoms with E-state index < -0.39 is 0 Å². The van der Waals surface area contributed by atoms with Crippen LogP contribution in [-0.2, 0) is 14.3 Å². The molecule has 3 rings (SSSR count). The van der Waals surface area contributed by atoms with Gasteiger partial charge in [-0.3, -0.25) is 4.79 Å². The lowest BCUT2D eigenvalue weighted by Crippen LogP contribution is -2.44. The third-order valence-electron chi connectivity index (χ3n) is 3.04. The molecule has 3 nitrogen and oxygen atoms in total. The SMILES string of the molecule is C[C@@H]1C(=O)[C@H](C)[C@H]2O[C@@H]1C1=C2O1. The van der Waals surface area contributed by atoms with E-state index in [9.17, 15) is 4.79 Å². The van der Waals surface area contributed by atoms with Crippen LogP contribution in [0.1, 0.15) is 13.8 Å². The summed E-state index contributed by atoms with van der Waals surface area (Å²) in [5, 5.41) is 0. The van der Waals surface area contributed by atoms with E-state index in [1.165, 1.54) is 0 Å². The van der Waals surface area contributed by atoms with Crippen molar-refractivity contribution in [1.82, 2.24) is 0 Å². The molecule has 12 heavy (non-hydrogen) atoms. The van der Waals surface area contributed by atoms with Gasteiger partial charge in [0.1, 0.15) is 18.0 Å². The van der Waals surface area contributed by atoms with E-state index >= 15 is 0 Å². The minimum Gasteiger partial charge on any atom is -0.453 e. The van der Waals surface area contributed by atoms with Gasteiger partial charge in [0.15, 0.2) is 11.5 Å². The van der Waals surface area contributed by atoms with Gasteiger partial charge in [-0.25, -0.2) is 0 Å². The summed E-state index contributed by atoms with van der Waals surface area (Å²) in [5.74, 6) is 2.14. The highest BCUT2D eigenvalue weighted by atomic mass is 16.6. The molecule has 0 aromatic heterocycles. The molecule has 1 fully saturated rings. The highest BCUT2D eigenvalue weighted by Crippen LogP contribution is 2.51. The molecule has 64 valence electrons. The summed E-state index contributed by atoms with van der Waals surface area (Å²) in [7, 11) is 0. The van der Waals surface area contributed by atoms with Crippen LogP contribution >= 0.6 is 0 Å². The molecule has 3 heterocycles. The van der Waals surface area contributed by atoms with E-state index in [1.807, 2.05) is 13.8 Å². The molecule has 0 saturated carbocycles. The van der Waals surface area contributed by atoms with E-state index in [0.717, 1.165) is 11.5 Å². The Morgan fingerprint density at radius 2 is 1.58 bits per heavy atom. The van der Waals surface area contributed by atoms with Gasteiger partial charge in [-0.2, -0.15) is 0 Å². The first-order valence-electron chi connectivity index (χ1n) is 4.31. The molecule has 1 saturated heterocycles. The lowest BCUT2D eigenvalue weighted by molar-refractivity contribution is -0.150. The minimum atomic E-state index is -0.0614. The Balaban J connectivity index is 2.03. The molecule has 0 aromatic rings. The van der Waals surface area contributed by atoms with Gasteiger partial charge in [-0.15, -0.1) is 0 Å². The maximum atomic E-state index is 11.6. The Kier molecular flexibility index (Phi) is 0.966. The Labute approximate surface area is 70.3 Å². The Hall–Kier alpha value is -0.830. The molecule has 3 aliphatic heterocycles. The van der Waals surface area contributed by atoms with Gasteiger partial charge in [-0.05, 0) is 0 Å². The van der Waals surface area contributed by atoms with Crippen LogP contribution in [0.2, 0.25) is 0 Å². The summed E-state index contributed by atoms with van der Waals surface area (Å²) in [6.45, 7) is 3.83. The van der Waals surface area contributed by atoms with Gasteiger partial charge in [0.2, 0.25) is 0 Å². The Morgan fingerprint density at radius 3 is 2.08 bits per heavy atom. The highest BCUT2D eigenvalue weighted by molar-refractivity contribution is 5.86. The molecule has 2 bridgehead atoms. The lowest BCUT2D eigenvalue weighted by atomic mass is 9.87. The van der Waals surface area contributed by atoms with E-state index in [1.54, 1.807) is 0 Å². The zero-order valence-electron chi connectivity index (χ0n) is 7.03. The first-order chi connectivity index (χ1) is 5.70. The zero-order chi connectivity index (χ0) is 8.46. The van der Waals surface area contributed by atoms with Gasteiger partial charge >= 0.3 is 0 Å². The number of hydrogen-bond donors (Lipinski definition) is 0. The number of ether oxygens (including phenoxy) is 2. The van der Waals surface area contributed by atoms with Crippen LogP contribution in [0.15, 0.2) is 11.5 Å². The largest absolute Gasteiger partial charge is 0.453 e. The number of Topliss-reactive ketones (excluding diaryl/α,β-unsaturated/α-hetero) is 1. The predicted octanol–water partition coefficient (Wildman–Crippen LogP) is 0.851. The van der Waals surface area contributed by atoms with E-state index in [4.69, 9.17) is 9.47 Å². The molecule has 0 aliphatic carbocycles. The molecule has 0 spiro atoms. The number of fused-ring (bicyclic) bond motifs is 4. The van der Waals surface area contributed by atoms with Crippen LogP contribution in [0.5, 0.6) is 0 Å². The molecule has 0 aromatic carbocycles. The topological polar surface area (TPSA) is 38.8 Å². The number of hydrogen-bond acceptors (Lipinski definition) is 3. The molecule has 3 aliphatic rings. The molecule has 0 radical (unpaired) electrons. The van der Waals surface area contributed by atoms with Crippen molar-refractivity contribution in [2.45, 2.75) is 26.1 Å². The van der Waals surface area contributed by atoms with Crippen molar-refractivity contribution in [2.75, 3.05) is 0 Å². The van der Waals surface area contributed by atoms with Crippen molar-refractivity contribution >= 4 is 5.78 Å². The van der Waals surface area contributed by atoms with Gasteiger partial charge in [0, 0.05) is 11.8 Å². The third kappa shape index (κ3) is 0.556. The van der Waals surface area contributed by atoms with Crippen molar-refractivity contribution < 1.29 is 14.3 Å². The first kappa shape index (κ1) is 6.66. The van der Waals surface area contributed by atoms with Gasteiger partial charge in [0.05, 0.1) is 0 Å². The van der Waals surface area contributed by atoms with E-state index in [2.05, 4.69) is 0 Å². The first-order valence-corrected chi connectivity index (χ1v) is 4.31. The molecule has 3 heteroatoms. The third-order valence-corrected chi connectivity index (χ3v) is 3.04. The van der Waals surface area contributed by atoms with Crippen LogP contribution in [0.4, 0.5) is 0 Å². The number of carbonyl (C=O) groups is 1. The summed E-state index contributed by atoms with van der Waals surface area (Å²) in [5.41, 5.74) is 0. The second-order valence-electron chi connectivity index (χ2n) is 3.79. The highest BCUT2D eigenvalue weighted by Gasteiger charge is 2.58. The Morgan fingerprint density at radius 1 is 1.08 bits per heavy atom. The maximum Gasteiger partial charge on any atom is 0.174 e. The molecule has 4 atom stereocenters. The second kappa shape index (κ2) is 1.74. The quantitative estimate of drug-likeness (QED) is 0.535. The van der Waals surface area contributed by atoms with Gasteiger partial charge in [-0.1, -0.05) is 13.8 Å². The monoisotopic (exact) mass is 166 g/mol. The van der Waals surface area contributed by atoms with Crippen LogP contribution in [-0.4, -0.2) is 18.0 Å². The van der Waals surface area contributed by atoms with Crippen molar-refractivity contribution in [3.8, 4) is 0 Å². The van der Waals surface area contributed by atoms with Gasteiger partial charge in [0.25, 0.3) is 0 Å². The van der Waals surface area contributed by atoms with Crippen molar-refractivity contribution in [1.29, 1.82) is 0 Å². The second-order valence-corrected chi connectivity index (χ2v) is 3.79. The van der Waals surface area contributed by atoms with E-state index in [-0.39, 0.29) is 24.0 Å². The molecule has 0 N–H and O–H groups in total. The smallest absolute Gasteiger partial charge is 0.174 e. The molecular formula is C9H10O3. The zero-order valence-corrected chi connectivity index (χ0v) is 7.03. The van der Waals surface area contributed by atoms with Gasteiger partial charge < -0.3 is 9.47 Å². The van der Waals surface area contributed by atoms with Crippen molar-refractivity contribution in [2.24, 2.45) is 11.8 Å². The van der Waals surface area contributed by atoms with Crippen molar-refractivity contribution in [3.63, 3.8) is 0 Å². The fourth-order valence-electron chi connectivity index (χ4n) is 2.17. The van der Waals surface area contributed by atoms with Crippen LogP contribution in [0.25, 0.3) is 0 Å². The number of rotatable bonds is 0. The number of carbonyl (C=O) groups excluding carboxylic acids is 1. The van der Waals surface area contributed by atoms with Crippen LogP contribution in [0.3, 0.4) is 0 Å². The average Bonchev–Trinajstić information content (AvgIpc) is 2.76. The standard InChI is InChI=1S/C9H10O3/c1-3-5(10)4(2)7-9-8(12-9)6(3)11-7/h3-4,6-7H,1-2H3/t3-,4+,6+,7-. The predicted molar refractivity (Wildman–Crippen MR) is 40.1 cm³/mol. The normalized spacial score (nSPS) is 49.0. The summed E-state index contributed by atoms with van der Waals surface area (Å²) >= 11 is 0. The average molecular weight is 166 g/mol. The summed E-state index contributed by atoms with van der Waals surface area (Å²) in [4.78, 5) is 11.6. The van der Waals surface area contributed by atoms with Crippen LogP contribution in [0, 0.1) is 11.8 Å².